The van der Waals surface area contributed by atoms with Crippen LogP contribution in [0.5, 0.6) is 0 Å². The maximum absolute atomic E-state index is 12.3. The Bertz CT molecular complexity index is 768. The van der Waals surface area contributed by atoms with E-state index in [9.17, 15) is 14.4 Å². The molecule has 7 nitrogen and oxygen atoms in total. The van der Waals surface area contributed by atoms with Crippen molar-refractivity contribution in [3.63, 3.8) is 0 Å². The number of hydrogen-bond donors (Lipinski definition) is 1. The minimum absolute atomic E-state index is 0.119. The van der Waals surface area contributed by atoms with Gasteiger partial charge in [0.25, 0.3) is 11.5 Å². The fraction of sp³-hybridized carbons (Fsp3) is 0.231. The second kappa shape index (κ2) is 4.53. The van der Waals surface area contributed by atoms with Gasteiger partial charge in [-0.05, 0) is 12.5 Å². The van der Waals surface area contributed by atoms with Crippen LogP contribution in [0.15, 0.2) is 35.3 Å². The van der Waals surface area contributed by atoms with Crippen molar-refractivity contribution in [2.45, 2.75) is 18.9 Å². The molecule has 2 heterocycles. The van der Waals surface area contributed by atoms with Crippen molar-refractivity contribution in [1.82, 2.24) is 9.89 Å². The highest BCUT2D eigenvalue weighted by molar-refractivity contribution is 6.12. The van der Waals surface area contributed by atoms with Crippen molar-refractivity contribution < 1.29 is 9.59 Å². The van der Waals surface area contributed by atoms with Gasteiger partial charge in [0, 0.05) is 11.8 Å². The first kappa shape index (κ1) is 12.5. The van der Waals surface area contributed by atoms with E-state index in [1.807, 2.05) is 0 Å². The number of benzene rings is 1. The van der Waals surface area contributed by atoms with E-state index in [4.69, 9.17) is 5.73 Å². The molecule has 0 bridgehead atoms. The topological polar surface area (TPSA) is 98.3 Å². The molecule has 0 spiro atoms. The maximum atomic E-state index is 12.3. The highest BCUT2D eigenvalue weighted by Gasteiger charge is 2.34. The van der Waals surface area contributed by atoms with Crippen molar-refractivity contribution >= 4 is 22.6 Å². The molecule has 1 fully saturated rings. The summed E-state index contributed by atoms with van der Waals surface area (Å²) in [6, 6.07) is 6.06. The number of rotatable bonds is 1. The average molecular weight is 272 g/mol. The largest absolute Gasteiger partial charge is 0.320 e. The lowest BCUT2D eigenvalue weighted by atomic mass is 10.1. The van der Waals surface area contributed by atoms with Gasteiger partial charge in [-0.25, -0.2) is 0 Å². The highest BCUT2D eigenvalue weighted by atomic mass is 16.2. The molecule has 1 unspecified atom stereocenters. The molecular formula is C13H12N4O3. The van der Waals surface area contributed by atoms with E-state index < -0.39 is 23.4 Å². The van der Waals surface area contributed by atoms with Gasteiger partial charge in [-0.15, -0.1) is 4.79 Å². The standard InChI is InChI=1S/C13H12N4O3/c14-10-5-6-11(18)16(13(10)20)17-12(19)9-4-2-1-3-8(9)7-15-17/h1-4,7,10H,5-6,14H2. The number of nitrogens with two attached hydrogens (primary N) is 1. The van der Waals surface area contributed by atoms with Crippen LogP contribution < -0.4 is 16.3 Å². The summed E-state index contributed by atoms with van der Waals surface area (Å²) in [6.07, 6.45) is 1.85. The molecule has 1 atom stereocenters. The molecule has 102 valence electrons. The zero-order chi connectivity index (χ0) is 14.3. The number of carbonyl (C=O) groups is 2. The van der Waals surface area contributed by atoms with Crippen LogP contribution in [0, 0.1) is 0 Å². The highest BCUT2D eigenvalue weighted by Crippen LogP contribution is 2.11. The first-order valence-electron chi connectivity index (χ1n) is 6.19. The number of carbonyl (C=O) groups excluding carboxylic acids is 2. The molecule has 3 rings (SSSR count). The van der Waals surface area contributed by atoms with Gasteiger partial charge < -0.3 is 5.73 Å². The molecule has 0 aliphatic carbocycles. The van der Waals surface area contributed by atoms with Gasteiger partial charge in [0.1, 0.15) is 0 Å². The van der Waals surface area contributed by atoms with Crippen LogP contribution in [0.25, 0.3) is 10.8 Å². The Balaban J connectivity index is 2.19. The number of piperidine rings is 1. The van der Waals surface area contributed by atoms with Crippen molar-refractivity contribution in [1.29, 1.82) is 0 Å². The van der Waals surface area contributed by atoms with Crippen LogP contribution in [0.4, 0.5) is 0 Å². The smallest absolute Gasteiger partial charge is 0.294 e. The Morgan fingerprint density at radius 1 is 1.20 bits per heavy atom. The average Bonchev–Trinajstić information content (AvgIpc) is 2.46. The fourth-order valence-corrected chi connectivity index (χ4v) is 2.21. The third-order valence-electron chi connectivity index (χ3n) is 3.30. The summed E-state index contributed by atoms with van der Waals surface area (Å²) in [5.74, 6) is -1.08. The van der Waals surface area contributed by atoms with Crippen molar-refractivity contribution in [3.05, 3.63) is 40.8 Å². The summed E-state index contributed by atoms with van der Waals surface area (Å²) >= 11 is 0. The van der Waals surface area contributed by atoms with Crippen LogP contribution in [-0.2, 0) is 9.59 Å². The zero-order valence-electron chi connectivity index (χ0n) is 10.5. The number of fused-ring (bicyclic) bond motifs is 1. The minimum atomic E-state index is -0.784. The first-order chi connectivity index (χ1) is 9.59. The quantitative estimate of drug-likeness (QED) is 0.706. The molecule has 2 amide bonds. The second-order valence-corrected chi connectivity index (χ2v) is 4.62. The third kappa shape index (κ3) is 1.79. The van der Waals surface area contributed by atoms with E-state index in [2.05, 4.69) is 5.10 Å². The number of hydrogen-bond acceptors (Lipinski definition) is 5. The van der Waals surface area contributed by atoms with Crippen LogP contribution in [0.2, 0.25) is 0 Å². The van der Waals surface area contributed by atoms with Gasteiger partial charge in [-0.2, -0.15) is 10.1 Å². The summed E-state index contributed by atoms with van der Waals surface area (Å²) in [5, 5.41) is 5.68. The monoisotopic (exact) mass is 272 g/mol. The van der Waals surface area contributed by atoms with Gasteiger partial charge in [0.2, 0.25) is 5.91 Å². The van der Waals surface area contributed by atoms with Gasteiger partial charge in [-0.3, -0.25) is 14.4 Å². The lowest BCUT2D eigenvalue weighted by Crippen LogP contribution is -2.59. The van der Waals surface area contributed by atoms with E-state index in [1.54, 1.807) is 24.3 Å². The molecule has 2 N–H and O–H groups in total. The van der Waals surface area contributed by atoms with E-state index in [0.29, 0.717) is 10.8 Å². The zero-order valence-corrected chi connectivity index (χ0v) is 10.5. The molecule has 2 aromatic rings. The number of imide groups is 1. The van der Waals surface area contributed by atoms with Gasteiger partial charge in [0.05, 0.1) is 17.6 Å². The Morgan fingerprint density at radius 3 is 2.75 bits per heavy atom. The van der Waals surface area contributed by atoms with Crippen molar-refractivity contribution in [3.8, 4) is 0 Å². The molecular weight excluding hydrogens is 260 g/mol. The van der Waals surface area contributed by atoms with Crippen molar-refractivity contribution in [2.24, 2.45) is 5.73 Å². The maximum Gasteiger partial charge on any atom is 0.294 e. The molecule has 0 radical (unpaired) electrons. The number of amides is 2. The molecule has 1 saturated heterocycles. The molecule has 1 aliphatic heterocycles. The Kier molecular flexibility index (Phi) is 2.83. The van der Waals surface area contributed by atoms with Crippen LogP contribution in [-0.4, -0.2) is 27.7 Å². The second-order valence-electron chi connectivity index (χ2n) is 4.62. The molecule has 20 heavy (non-hydrogen) atoms. The summed E-state index contributed by atoms with van der Waals surface area (Å²) in [4.78, 5) is 37.0. The van der Waals surface area contributed by atoms with Crippen LogP contribution >= 0.6 is 0 Å². The third-order valence-corrected chi connectivity index (χ3v) is 3.30. The minimum Gasteiger partial charge on any atom is -0.320 e. The molecule has 1 aromatic heterocycles. The Hall–Kier alpha value is -2.54. The summed E-state index contributed by atoms with van der Waals surface area (Å²) in [5.41, 5.74) is 5.13. The molecule has 7 heteroatoms. The molecule has 1 aromatic carbocycles. The van der Waals surface area contributed by atoms with E-state index in [-0.39, 0.29) is 12.8 Å². The van der Waals surface area contributed by atoms with E-state index in [1.165, 1.54) is 6.20 Å². The predicted molar refractivity (Wildman–Crippen MR) is 71.4 cm³/mol. The van der Waals surface area contributed by atoms with Crippen LogP contribution in [0.1, 0.15) is 12.8 Å². The fourth-order valence-electron chi connectivity index (χ4n) is 2.21. The van der Waals surface area contributed by atoms with Gasteiger partial charge in [-0.1, -0.05) is 18.2 Å². The first-order valence-corrected chi connectivity index (χ1v) is 6.19. The lowest BCUT2D eigenvalue weighted by Gasteiger charge is -2.28. The van der Waals surface area contributed by atoms with Gasteiger partial charge in [0.15, 0.2) is 0 Å². The summed E-state index contributed by atoms with van der Waals surface area (Å²) in [6.45, 7) is 0. The summed E-state index contributed by atoms with van der Waals surface area (Å²) < 4.78 is 0. The predicted octanol–water partition coefficient (Wildman–Crippen LogP) is -0.491. The summed E-state index contributed by atoms with van der Waals surface area (Å²) in [7, 11) is 0. The van der Waals surface area contributed by atoms with E-state index in [0.717, 1.165) is 9.80 Å². The van der Waals surface area contributed by atoms with Crippen molar-refractivity contribution in [2.75, 3.05) is 5.01 Å². The Morgan fingerprint density at radius 2 is 1.95 bits per heavy atom. The molecule has 1 aliphatic rings. The molecule has 0 saturated carbocycles. The lowest BCUT2D eigenvalue weighted by molar-refractivity contribution is -0.133. The van der Waals surface area contributed by atoms with Gasteiger partial charge >= 0.3 is 0 Å². The SMILES string of the molecule is NC1CCC(=O)N(n2ncc3ccccc3c2=O)C1=O. The Labute approximate surface area is 113 Å². The van der Waals surface area contributed by atoms with Crippen LogP contribution in [0.3, 0.4) is 0 Å². The van der Waals surface area contributed by atoms with E-state index >= 15 is 0 Å². The number of nitrogens with zero attached hydrogens (tertiary/aromatic N) is 3. The number of aromatic nitrogens is 2. The normalized spacial score (nSPS) is 19.6.